The fourth-order valence-electron chi connectivity index (χ4n) is 1.80. The standard InChI is InChI=1S/C15H23NO2/c1-11-8-6-7-9-13(11)12(2)16-10-14(17)18-15(3,4)5/h6-9,12,16H,10H2,1-5H3/t12-/m1/s1. The molecule has 0 bridgehead atoms. The molecular formula is C15H23NO2. The fraction of sp³-hybridized carbons (Fsp3) is 0.533. The van der Waals surface area contributed by atoms with Gasteiger partial charge in [-0.1, -0.05) is 24.3 Å². The molecule has 0 amide bonds. The maximum Gasteiger partial charge on any atom is 0.320 e. The van der Waals surface area contributed by atoms with E-state index in [9.17, 15) is 4.79 Å². The van der Waals surface area contributed by atoms with Crippen LogP contribution in [0.5, 0.6) is 0 Å². The van der Waals surface area contributed by atoms with Gasteiger partial charge >= 0.3 is 5.97 Å². The number of ether oxygens (including phenoxy) is 1. The first-order valence-corrected chi connectivity index (χ1v) is 6.30. The van der Waals surface area contributed by atoms with Crippen LogP contribution in [0.2, 0.25) is 0 Å². The van der Waals surface area contributed by atoms with Crippen molar-refractivity contribution in [1.82, 2.24) is 5.32 Å². The zero-order valence-electron chi connectivity index (χ0n) is 11.9. The minimum absolute atomic E-state index is 0.138. The third-order valence-corrected chi connectivity index (χ3v) is 2.63. The fourth-order valence-corrected chi connectivity index (χ4v) is 1.80. The number of esters is 1. The molecule has 1 aromatic rings. The van der Waals surface area contributed by atoms with E-state index < -0.39 is 5.60 Å². The molecule has 0 saturated carbocycles. The Bertz CT molecular complexity index is 407. The van der Waals surface area contributed by atoms with Crippen molar-refractivity contribution >= 4 is 5.97 Å². The van der Waals surface area contributed by atoms with Crippen molar-refractivity contribution in [2.24, 2.45) is 0 Å². The maximum absolute atomic E-state index is 11.6. The van der Waals surface area contributed by atoms with Crippen LogP contribution >= 0.6 is 0 Å². The van der Waals surface area contributed by atoms with Crippen LogP contribution < -0.4 is 5.32 Å². The summed E-state index contributed by atoms with van der Waals surface area (Å²) in [6.45, 7) is 9.96. The highest BCUT2D eigenvalue weighted by Crippen LogP contribution is 2.16. The average molecular weight is 249 g/mol. The van der Waals surface area contributed by atoms with E-state index in [0.717, 1.165) is 0 Å². The van der Waals surface area contributed by atoms with Crippen LogP contribution in [0.1, 0.15) is 44.9 Å². The monoisotopic (exact) mass is 249 g/mol. The van der Waals surface area contributed by atoms with E-state index in [4.69, 9.17) is 4.74 Å². The summed E-state index contributed by atoms with van der Waals surface area (Å²) in [5.74, 6) is -0.220. The summed E-state index contributed by atoms with van der Waals surface area (Å²) in [5.41, 5.74) is 2.01. The Kier molecular flexibility index (Phi) is 4.91. The van der Waals surface area contributed by atoms with Gasteiger partial charge in [-0.2, -0.15) is 0 Å². The SMILES string of the molecule is Cc1ccccc1[C@@H](C)NCC(=O)OC(C)(C)C. The number of rotatable bonds is 4. The topological polar surface area (TPSA) is 38.3 Å². The van der Waals surface area contributed by atoms with Crippen molar-refractivity contribution in [1.29, 1.82) is 0 Å². The second-order valence-corrected chi connectivity index (χ2v) is 5.55. The van der Waals surface area contributed by atoms with E-state index in [2.05, 4.69) is 24.4 Å². The van der Waals surface area contributed by atoms with Crippen molar-refractivity contribution < 1.29 is 9.53 Å². The number of hydrogen-bond acceptors (Lipinski definition) is 3. The van der Waals surface area contributed by atoms with E-state index >= 15 is 0 Å². The summed E-state index contributed by atoms with van der Waals surface area (Å²) < 4.78 is 5.25. The molecule has 0 heterocycles. The van der Waals surface area contributed by atoms with Gasteiger partial charge in [0.2, 0.25) is 0 Å². The largest absolute Gasteiger partial charge is 0.459 e. The summed E-state index contributed by atoms with van der Waals surface area (Å²) in [7, 11) is 0. The van der Waals surface area contributed by atoms with Crippen LogP contribution in [0, 0.1) is 6.92 Å². The van der Waals surface area contributed by atoms with Gasteiger partial charge in [-0.15, -0.1) is 0 Å². The van der Waals surface area contributed by atoms with Crippen molar-refractivity contribution in [2.45, 2.75) is 46.3 Å². The normalized spacial score (nSPS) is 13.2. The predicted octanol–water partition coefficient (Wildman–Crippen LogP) is 2.99. The van der Waals surface area contributed by atoms with Crippen LogP contribution in [-0.4, -0.2) is 18.1 Å². The van der Waals surface area contributed by atoms with Gasteiger partial charge in [-0.25, -0.2) is 0 Å². The van der Waals surface area contributed by atoms with E-state index in [1.54, 1.807) is 0 Å². The summed E-state index contributed by atoms with van der Waals surface area (Å²) >= 11 is 0. The van der Waals surface area contributed by atoms with Crippen molar-refractivity contribution in [3.63, 3.8) is 0 Å². The van der Waals surface area contributed by atoms with Crippen molar-refractivity contribution in [3.05, 3.63) is 35.4 Å². The van der Waals surface area contributed by atoms with Crippen LogP contribution in [0.3, 0.4) is 0 Å². The Labute approximate surface area is 110 Å². The molecule has 0 spiro atoms. The molecule has 1 rings (SSSR count). The lowest BCUT2D eigenvalue weighted by molar-refractivity contribution is -0.153. The molecule has 0 aromatic heterocycles. The lowest BCUT2D eigenvalue weighted by atomic mass is 10.0. The van der Waals surface area contributed by atoms with E-state index in [1.807, 2.05) is 39.8 Å². The molecule has 18 heavy (non-hydrogen) atoms. The van der Waals surface area contributed by atoms with Crippen LogP contribution in [0.4, 0.5) is 0 Å². The smallest absolute Gasteiger partial charge is 0.320 e. The van der Waals surface area contributed by atoms with Gasteiger partial charge in [0.1, 0.15) is 5.60 Å². The van der Waals surface area contributed by atoms with Gasteiger partial charge in [-0.05, 0) is 45.7 Å². The van der Waals surface area contributed by atoms with Gasteiger partial charge < -0.3 is 10.1 Å². The molecule has 0 aliphatic rings. The first-order chi connectivity index (χ1) is 8.29. The number of carbonyl (C=O) groups excluding carboxylic acids is 1. The van der Waals surface area contributed by atoms with E-state index in [0.29, 0.717) is 0 Å². The molecule has 1 aromatic carbocycles. The van der Waals surface area contributed by atoms with Crippen molar-refractivity contribution in [2.75, 3.05) is 6.54 Å². The van der Waals surface area contributed by atoms with Gasteiger partial charge in [0.25, 0.3) is 0 Å². The Morgan fingerprint density at radius 2 is 1.94 bits per heavy atom. The predicted molar refractivity (Wildman–Crippen MR) is 73.4 cm³/mol. The second kappa shape index (κ2) is 6.01. The lowest BCUT2D eigenvalue weighted by Crippen LogP contribution is -2.32. The molecule has 1 N–H and O–H groups in total. The number of carbonyl (C=O) groups is 1. The second-order valence-electron chi connectivity index (χ2n) is 5.55. The Morgan fingerprint density at radius 3 is 2.50 bits per heavy atom. The molecule has 0 fully saturated rings. The average Bonchev–Trinajstić information content (AvgIpc) is 2.24. The van der Waals surface area contributed by atoms with Gasteiger partial charge in [0.15, 0.2) is 0 Å². The number of aryl methyl sites for hydroxylation is 1. The highest BCUT2D eigenvalue weighted by Gasteiger charge is 2.17. The molecule has 3 heteroatoms. The third-order valence-electron chi connectivity index (χ3n) is 2.63. The molecule has 1 atom stereocenters. The quantitative estimate of drug-likeness (QED) is 0.834. The molecule has 0 radical (unpaired) electrons. The number of hydrogen-bond donors (Lipinski definition) is 1. The molecule has 0 unspecified atom stereocenters. The minimum atomic E-state index is -0.426. The summed E-state index contributed by atoms with van der Waals surface area (Å²) in [5, 5.41) is 3.19. The molecule has 0 aliphatic heterocycles. The first kappa shape index (κ1) is 14.7. The zero-order valence-corrected chi connectivity index (χ0v) is 11.9. The van der Waals surface area contributed by atoms with Crippen LogP contribution in [-0.2, 0) is 9.53 Å². The highest BCUT2D eigenvalue weighted by atomic mass is 16.6. The summed E-state index contributed by atoms with van der Waals surface area (Å²) in [6.07, 6.45) is 0. The number of benzene rings is 1. The molecule has 0 aliphatic carbocycles. The molecular weight excluding hydrogens is 226 g/mol. The zero-order chi connectivity index (χ0) is 13.8. The van der Waals surface area contributed by atoms with Gasteiger partial charge in [0.05, 0.1) is 6.54 Å². The summed E-state index contributed by atoms with van der Waals surface area (Å²) in [6, 6.07) is 8.30. The number of nitrogens with one attached hydrogen (secondary N) is 1. The first-order valence-electron chi connectivity index (χ1n) is 6.30. The van der Waals surface area contributed by atoms with Gasteiger partial charge in [-0.3, -0.25) is 4.79 Å². The lowest BCUT2D eigenvalue weighted by Gasteiger charge is -2.21. The van der Waals surface area contributed by atoms with Gasteiger partial charge in [0, 0.05) is 6.04 Å². The molecule has 3 nitrogen and oxygen atoms in total. The third kappa shape index (κ3) is 4.88. The Hall–Kier alpha value is -1.35. The van der Waals surface area contributed by atoms with E-state index in [-0.39, 0.29) is 18.6 Å². The minimum Gasteiger partial charge on any atom is -0.459 e. The van der Waals surface area contributed by atoms with Crippen LogP contribution in [0.15, 0.2) is 24.3 Å². The Morgan fingerprint density at radius 1 is 1.33 bits per heavy atom. The van der Waals surface area contributed by atoms with Crippen molar-refractivity contribution in [3.8, 4) is 0 Å². The molecule has 0 saturated heterocycles. The molecule has 100 valence electrons. The van der Waals surface area contributed by atoms with Crippen LogP contribution in [0.25, 0.3) is 0 Å². The summed E-state index contributed by atoms with van der Waals surface area (Å²) in [4.78, 5) is 11.6. The maximum atomic E-state index is 11.6. The van der Waals surface area contributed by atoms with E-state index in [1.165, 1.54) is 11.1 Å². The Balaban J connectivity index is 2.49. The highest BCUT2D eigenvalue weighted by molar-refractivity contribution is 5.72.